The number of nitrogens with one attached hydrogen (secondary N) is 1. The van der Waals surface area contributed by atoms with Gasteiger partial charge in [-0.25, -0.2) is 0 Å². The second kappa shape index (κ2) is 3.13. The summed E-state index contributed by atoms with van der Waals surface area (Å²) in [5.41, 5.74) is 3.73. The minimum atomic E-state index is 0.212. The van der Waals surface area contributed by atoms with Crippen LogP contribution in [0.2, 0.25) is 0 Å². The quantitative estimate of drug-likeness (QED) is 0.807. The highest BCUT2D eigenvalue weighted by Crippen LogP contribution is 2.54. The monoisotopic (exact) mass is 213 g/mol. The lowest BCUT2D eigenvalue weighted by Gasteiger charge is -2.23. The Kier molecular flexibility index (Phi) is 1.95. The average Bonchev–Trinajstić information content (AvgIpc) is 3.19. The molecule has 0 amide bonds. The molecule has 0 saturated heterocycles. The minimum Gasteiger partial charge on any atom is -0.382 e. The van der Waals surface area contributed by atoms with Crippen molar-refractivity contribution < 1.29 is 0 Å². The summed E-state index contributed by atoms with van der Waals surface area (Å²) in [5, 5.41) is 3.45. The van der Waals surface area contributed by atoms with Crippen LogP contribution < -0.4 is 5.32 Å². The highest BCUT2D eigenvalue weighted by Gasteiger charge is 2.49. The molecule has 16 heavy (non-hydrogen) atoms. The second-order valence-corrected chi connectivity index (χ2v) is 5.54. The number of hydrogen-bond acceptors (Lipinski definition) is 1. The zero-order valence-electron chi connectivity index (χ0n) is 9.92. The largest absolute Gasteiger partial charge is 0.382 e. The zero-order valence-corrected chi connectivity index (χ0v) is 9.92. The smallest absolute Gasteiger partial charge is 0.0624 e. The van der Waals surface area contributed by atoms with Crippen molar-refractivity contribution in [2.45, 2.75) is 43.6 Å². The standard InChI is InChI=1S/C15H19N/c1-3-16-15(10-11-15)13-7-5-4-6-12(13)14(2)8-9-14/h3-7,16H,1,8-11H2,2H3. The maximum atomic E-state index is 3.81. The van der Waals surface area contributed by atoms with Gasteiger partial charge < -0.3 is 5.32 Å². The van der Waals surface area contributed by atoms with E-state index in [0.717, 1.165) is 0 Å². The first-order valence-electron chi connectivity index (χ1n) is 6.19. The lowest BCUT2D eigenvalue weighted by molar-refractivity contribution is 0.597. The Morgan fingerprint density at radius 3 is 2.25 bits per heavy atom. The summed E-state index contributed by atoms with van der Waals surface area (Å²) in [6.45, 7) is 6.19. The molecule has 1 aromatic carbocycles. The van der Waals surface area contributed by atoms with Gasteiger partial charge in [-0.3, -0.25) is 0 Å². The molecule has 0 aromatic heterocycles. The summed E-state index contributed by atoms with van der Waals surface area (Å²) in [7, 11) is 0. The summed E-state index contributed by atoms with van der Waals surface area (Å²) in [5.74, 6) is 0. The van der Waals surface area contributed by atoms with Gasteiger partial charge in [0.25, 0.3) is 0 Å². The molecule has 0 heterocycles. The van der Waals surface area contributed by atoms with Crippen molar-refractivity contribution in [3.8, 4) is 0 Å². The summed E-state index contributed by atoms with van der Waals surface area (Å²) in [6, 6.07) is 8.94. The van der Waals surface area contributed by atoms with Gasteiger partial charge in [0, 0.05) is 0 Å². The Hall–Kier alpha value is -1.24. The van der Waals surface area contributed by atoms with Crippen molar-refractivity contribution in [2.75, 3.05) is 0 Å². The third-order valence-electron chi connectivity index (χ3n) is 4.22. The topological polar surface area (TPSA) is 12.0 Å². The Morgan fingerprint density at radius 2 is 1.75 bits per heavy atom. The molecule has 2 saturated carbocycles. The third-order valence-corrected chi connectivity index (χ3v) is 4.22. The molecule has 0 bridgehead atoms. The van der Waals surface area contributed by atoms with E-state index in [-0.39, 0.29) is 5.54 Å². The van der Waals surface area contributed by atoms with Gasteiger partial charge in [-0.2, -0.15) is 0 Å². The average molecular weight is 213 g/mol. The van der Waals surface area contributed by atoms with Crippen LogP contribution in [0.25, 0.3) is 0 Å². The maximum Gasteiger partial charge on any atom is 0.0624 e. The highest BCUT2D eigenvalue weighted by molar-refractivity contribution is 5.44. The molecule has 84 valence electrons. The van der Waals surface area contributed by atoms with Gasteiger partial charge in [0.15, 0.2) is 0 Å². The van der Waals surface area contributed by atoms with Crippen LogP contribution >= 0.6 is 0 Å². The molecule has 0 unspecified atom stereocenters. The third kappa shape index (κ3) is 1.38. The molecule has 0 radical (unpaired) electrons. The lowest BCUT2D eigenvalue weighted by Crippen LogP contribution is -2.26. The predicted octanol–water partition coefficient (Wildman–Crippen LogP) is 3.46. The van der Waals surface area contributed by atoms with Gasteiger partial charge in [0.1, 0.15) is 0 Å². The van der Waals surface area contributed by atoms with E-state index in [0.29, 0.717) is 5.41 Å². The van der Waals surface area contributed by atoms with E-state index in [4.69, 9.17) is 0 Å². The van der Waals surface area contributed by atoms with Gasteiger partial charge in [-0.05, 0) is 48.4 Å². The van der Waals surface area contributed by atoms with E-state index >= 15 is 0 Å². The van der Waals surface area contributed by atoms with Gasteiger partial charge in [0.05, 0.1) is 5.54 Å². The molecule has 0 spiro atoms. The van der Waals surface area contributed by atoms with Crippen LogP contribution in [0, 0.1) is 0 Å². The molecule has 1 nitrogen and oxygen atoms in total. The Balaban J connectivity index is 2.04. The van der Waals surface area contributed by atoms with Gasteiger partial charge in [0.2, 0.25) is 0 Å². The molecule has 3 rings (SSSR count). The van der Waals surface area contributed by atoms with Crippen molar-refractivity contribution in [1.82, 2.24) is 5.32 Å². The minimum absolute atomic E-state index is 0.212. The van der Waals surface area contributed by atoms with Crippen LogP contribution in [0.15, 0.2) is 37.0 Å². The SMILES string of the molecule is C=CNC1(c2ccccc2C2(C)CC2)CC1. The summed E-state index contributed by atoms with van der Waals surface area (Å²) < 4.78 is 0. The van der Waals surface area contributed by atoms with Crippen LogP contribution in [0.1, 0.15) is 43.7 Å². The number of hydrogen-bond donors (Lipinski definition) is 1. The normalized spacial score (nSPS) is 23.6. The molecule has 2 fully saturated rings. The molecule has 0 atom stereocenters. The highest BCUT2D eigenvalue weighted by atomic mass is 15.0. The van der Waals surface area contributed by atoms with E-state index in [1.54, 1.807) is 5.56 Å². The molecular weight excluding hydrogens is 194 g/mol. The van der Waals surface area contributed by atoms with E-state index < -0.39 is 0 Å². The van der Waals surface area contributed by atoms with Gasteiger partial charge >= 0.3 is 0 Å². The predicted molar refractivity (Wildman–Crippen MR) is 67.3 cm³/mol. The zero-order chi connectivity index (χ0) is 11.2. The van der Waals surface area contributed by atoms with Crippen molar-refractivity contribution >= 4 is 0 Å². The first-order chi connectivity index (χ1) is 7.70. The first-order valence-corrected chi connectivity index (χ1v) is 6.19. The van der Waals surface area contributed by atoms with E-state index in [9.17, 15) is 0 Å². The van der Waals surface area contributed by atoms with Crippen molar-refractivity contribution in [3.63, 3.8) is 0 Å². The van der Waals surface area contributed by atoms with Gasteiger partial charge in [-0.1, -0.05) is 37.8 Å². The molecular formula is C15H19N. The lowest BCUT2D eigenvalue weighted by atomic mass is 9.88. The Bertz CT molecular complexity index is 425. The molecule has 2 aliphatic carbocycles. The van der Waals surface area contributed by atoms with Crippen molar-refractivity contribution in [2.24, 2.45) is 0 Å². The fourth-order valence-corrected chi connectivity index (χ4v) is 2.70. The van der Waals surface area contributed by atoms with Crippen molar-refractivity contribution in [1.29, 1.82) is 0 Å². The molecule has 1 N–H and O–H groups in total. The van der Waals surface area contributed by atoms with Crippen LogP contribution in [-0.2, 0) is 11.0 Å². The summed E-state index contributed by atoms with van der Waals surface area (Å²) in [4.78, 5) is 0. The summed E-state index contributed by atoms with van der Waals surface area (Å²) >= 11 is 0. The van der Waals surface area contributed by atoms with E-state index in [2.05, 4.69) is 43.1 Å². The van der Waals surface area contributed by atoms with Crippen LogP contribution in [0.5, 0.6) is 0 Å². The van der Waals surface area contributed by atoms with Crippen LogP contribution in [-0.4, -0.2) is 0 Å². The fraction of sp³-hybridized carbons (Fsp3) is 0.467. The van der Waals surface area contributed by atoms with Crippen LogP contribution in [0.4, 0.5) is 0 Å². The van der Waals surface area contributed by atoms with Crippen LogP contribution in [0.3, 0.4) is 0 Å². The van der Waals surface area contributed by atoms with E-state index in [1.807, 2.05) is 6.20 Å². The number of rotatable bonds is 4. The van der Waals surface area contributed by atoms with E-state index in [1.165, 1.54) is 31.2 Å². The maximum absolute atomic E-state index is 3.81. The molecule has 0 aliphatic heterocycles. The Morgan fingerprint density at radius 1 is 1.12 bits per heavy atom. The van der Waals surface area contributed by atoms with Gasteiger partial charge in [-0.15, -0.1) is 0 Å². The second-order valence-electron chi connectivity index (χ2n) is 5.54. The summed E-state index contributed by atoms with van der Waals surface area (Å²) in [6.07, 6.45) is 7.01. The molecule has 1 heteroatoms. The van der Waals surface area contributed by atoms with Crippen molar-refractivity contribution in [3.05, 3.63) is 48.2 Å². The molecule has 1 aromatic rings. The number of benzene rings is 1. The molecule has 2 aliphatic rings. The first kappa shape index (κ1) is 9.95. The fourth-order valence-electron chi connectivity index (χ4n) is 2.70. The Labute approximate surface area is 97.6 Å².